The van der Waals surface area contributed by atoms with Crippen LogP contribution in [0.25, 0.3) is 0 Å². The van der Waals surface area contributed by atoms with Gasteiger partial charge in [0.15, 0.2) is 24.7 Å². The highest BCUT2D eigenvalue weighted by molar-refractivity contribution is 14.1. The van der Waals surface area contributed by atoms with Crippen LogP contribution in [0.3, 0.4) is 0 Å². The van der Waals surface area contributed by atoms with Gasteiger partial charge in [-0.3, -0.25) is 0 Å². The smallest absolute Gasteiger partial charge is 0.197 e. The molecule has 1 aliphatic heterocycles. The van der Waals surface area contributed by atoms with Gasteiger partial charge >= 0.3 is 0 Å². The van der Waals surface area contributed by atoms with Crippen molar-refractivity contribution in [2.75, 3.05) is 5.75 Å². The second-order valence-electron chi connectivity index (χ2n) is 4.66. The van der Waals surface area contributed by atoms with Gasteiger partial charge in [-0.2, -0.15) is 0 Å². The fourth-order valence-corrected chi connectivity index (χ4v) is 7.17. The van der Waals surface area contributed by atoms with Crippen LogP contribution in [-0.4, -0.2) is 27.6 Å². The molecule has 5 nitrogen and oxygen atoms in total. The number of hydrogen-bond donors (Lipinski definition) is 0. The molecule has 0 aliphatic carbocycles. The van der Waals surface area contributed by atoms with Gasteiger partial charge in [-0.15, -0.1) is 0 Å². The molecule has 0 spiro atoms. The largest absolute Gasteiger partial charge is 0.230 e. The average Bonchev–Trinajstić information content (AvgIpc) is 2.72. The molecule has 1 aromatic heterocycles. The van der Waals surface area contributed by atoms with Crippen LogP contribution in [-0.2, 0) is 19.7 Å². The lowest BCUT2D eigenvalue weighted by Crippen LogP contribution is -2.15. The predicted octanol–water partition coefficient (Wildman–Crippen LogP) is 1.99. The van der Waals surface area contributed by atoms with E-state index in [1.807, 2.05) is 22.6 Å². The van der Waals surface area contributed by atoms with Crippen LogP contribution in [0.15, 0.2) is 52.4 Å². The van der Waals surface area contributed by atoms with Crippen LogP contribution in [0.1, 0.15) is 10.8 Å². The van der Waals surface area contributed by atoms with E-state index in [-0.39, 0.29) is 15.5 Å². The Morgan fingerprint density at radius 1 is 1.10 bits per heavy atom. The van der Waals surface area contributed by atoms with Gasteiger partial charge in [-0.25, -0.2) is 21.8 Å². The Hall–Kier alpha value is -1.000. The molecule has 0 saturated heterocycles. The maximum absolute atomic E-state index is 12.7. The minimum atomic E-state index is -3.76. The number of halogens is 1. The fraction of sp³-hybridized carbons (Fsp3) is 0.154. The molecule has 0 N–H and O–H groups in total. The third kappa shape index (κ3) is 2.49. The molecule has 110 valence electrons. The van der Waals surface area contributed by atoms with Gasteiger partial charge in [0.25, 0.3) is 0 Å². The number of hydrogen-bond acceptors (Lipinski definition) is 5. The van der Waals surface area contributed by atoms with Crippen LogP contribution in [0, 0.1) is 3.70 Å². The first kappa shape index (κ1) is 14.9. The molecule has 1 aliphatic rings. The van der Waals surface area contributed by atoms with Crippen molar-refractivity contribution in [3.8, 4) is 0 Å². The summed E-state index contributed by atoms with van der Waals surface area (Å²) >= 11 is 1.90. The van der Waals surface area contributed by atoms with Crippen molar-refractivity contribution >= 4 is 42.3 Å². The van der Waals surface area contributed by atoms with Crippen LogP contribution in [0.2, 0.25) is 0 Å². The van der Waals surface area contributed by atoms with Gasteiger partial charge in [0.2, 0.25) is 0 Å². The number of benzene rings is 1. The highest BCUT2D eigenvalue weighted by Crippen LogP contribution is 2.40. The van der Waals surface area contributed by atoms with Crippen LogP contribution in [0.5, 0.6) is 0 Å². The van der Waals surface area contributed by atoms with Crippen LogP contribution in [0.4, 0.5) is 0 Å². The topological polar surface area (TPSA) is 81.2 Å². The summed E-state index contributed by atoms with van der Waals surface area (Å²) in [5.41, 5.74) is 0.263. The van der Waals surface area contributed by atoms with E-state index in [0.29, 0.717) is 3.70 Å². The maximum atomic E-state index is 12.7. The second kappa shape index (κ2) is 5.03. The third-order valence-electron chi connectivity index (χ3n) is 3.31. The van der Waals surface area contributed by atoms with E-state index in [9.17, 15) is 16.8 Å². The first-order valence-corrected chi connectivity index (χ1v) is 10.3. The number of pyridine rings is 1. The standard InChI is InChI=1S/C13H10INO4S2/c14-12-7-6-10-11(8-20(16,17)13(10)15-12)21(18,19)9-4-2-1-3-5-9/h1-7,11H,8H2. The second-order valence-corrected chi connectivity index (χ2v) is 9.84. The zero-order valence-corrected chi connectivity index (χ0v) is 14.4. The van der Waals surface area contributed by atoms with E-state index in [4.69, 9.17) is 0 Å². The van der Waals surface area contributed by atoms with Crippen molar-refractivity contribution in [1.29, 1.82) is 0 Å². The third-order valence-corrected chi connectivity index (χ3v) is 7.91. The Labute approximate surface area is 136 Å². The normalized spacial score (nSPS) is 20.1. The number of sulfone groups is 2. The summed E-state index contributed by atoms with van der Waals surface area (Å²) in [4.78, 5) is 4.12. The van der Waals surface area contributed by atoms with E-state index in [1.165, 1.54) is 12.1 Å². The van der Waals surface area contributed by atoms with E-state index < -0.39 is 30.7 Å². The summed E-state index contributed by atoms with van der Waals surface area (Å²) in [6, 6.07) is 11.0. The van der Waals surface area contributed by atoms with E-state index in [0.717, 1.165) is 0 Å². The molecule has 0 saturated carbocycles. The van der Waals surface area contributed by atoms with Crippen molar-refractivity contribution in [3.05, 3.63) is 51.7 Å². The molecule has 1 aromatic carbocycles. The van der Waals surface area contributed by atoms with Gasteiger partial charge in [-0.05, 0) is 40.8 Å². The highest BCUT2D eigenvalue weighted by Gasteiger charge is 2.44. The number of rotatable bonds is 2. The number of aromatic nitrogens is 1. The first-order chi connectivity index (χ1) is 9.82. The SMILES string of the molecule is O=S1(=O)CC(S(=O)(=O)c2ccccc2)c2ccc(I)nc21. The van der Waals surface area contributed by atoms with Crippen molar-refractivity contribution in [1.82, 2.24) is 4.98 Å². The summed E-state index contributed by atoms with van der Waals surface area (Å²) in [6.45, 7) is 0. The molecule has 2 heterocycles. The lowest BCUT2D eigenvalue weighted by molar-refractivity contribution is 0.582. The van der Waals surface area contributed by atoms with E-state index in [1.54, 1.807) is 30.3 Å². The lowest BCUT2D eigenvalue weighted by atomic mass is 10.2. The van der Waals surface area contributed by atoms with Gasteiger partial charge in [0, 0.05) is 5.56 Å². The molecule has 0 amide bonds. The van der Waals surface area contributed by atoms with Gasteiger partial charge in [0.05, 0.1) is 10.6 Å². The Kier molecular flexibility index (Phi) is 3.57. The molecule has 8 heteroatoms. The Morgan fingerprint density at radius 3 is 2.43 bits per heavy atom. The summed E-state index contributed by atoms with van der Waals surface area (Å²) < 4.78 is 50.2. The Bertz CT molecular complexity index is 908. The molecule has 0 fully saturated rings. The minimum absolute atomic E-state index is 0.112. The van der Waals surface area contributed by atoms with E-state index >= 15 is 0 Å². The predicted molar refractivity (Wildman–Crippen MR) is 85.4 cm³/mol. The lowest BCUT2D eigenvalue weighted by Gasteiger charge is -2.11. The summed E-state index contributed by atoms with van der Waals surface area (Å²) in [6.07, 6.45) is 0. The summed E-state index contributed by atoms with van der Waals surface area (Å²) in [5, 5.41) is -1.21. The quantitative estimate of drug-likeness (QED) is 0.533. The van der Waals surface area contributed by atoms with Gasteiger partial charge in [-0.1, -0.05) is 24.3 Å². The Balaban J connectivity index is 2.20. The number of fused-ring (bicyclic) bond motifs is 1. The molecule has 1 unspecified atom stereocenters. The number of nitrogens with zero attached hydrogens (tertiary/aromatic N) is 1. The Morgan fingerprint density at radius 2 is 1.76 bits per heavy atom. The van der Waals surface area contributed by atoms with Crippen molar-refractivity contribution in [3.63, 3.8) is 0 Å². The zero-order valence-electron chi connectivity index (χ0n) is 10.6. The fourth-order valence-electron chi connectivity index (χ4n) is 2.32. The molecule has 0 radical (unpaired) electrons. The molecule has 2 aromatic rings. The average molecular weight is 435 g/mol. The van der Waals surface area contributed by atoms with Gasteiger partial charge < -0.3 is 0 Å². The molecule has 1 atom stereocenters. The summed E-state index contributed by atoms with van der Waals surface area (Å²) in [7, 11) is -7.42. The minimum Gasteiger partial charge on any atom is -0.230 e. The van der Waals surface area contributed by atoms with E-state index in [2.05, 4.69) is 4.98 Å². The molecular weight excluding hydrogens is 425 g/mol. The highest BCUT2D eigenvalue weighted by atomic mass is 127. The zero-order chi connectivity index (χ0) is 15.3. The van der Waals surface area contributed by atoms with Crippen molar-refractivity contribution in [2.45, 2.75) is 15.2 Å². The van der Waals surface area contributed by atoms with Crippen LogP contribution < -0.4 is 0 Å². The first-order valence-electron chi connectivity index (χ1n) is 6.00. The van der Waals surface area contributed by atoms with Crippen molar-refractivity contribution in [2.24, 2.45) is 0 Å². The molecule has 0 bridgehead atoms. The summed E-state index contributed by atoms with van der Waals surface area (Å²) in [5.74, 6) is -0.452. The van der Waals surface area contributed by atoms with Gasteiger partial charge in [0.1, 0.15) is 8.95 Å². The monoisotopic (exact) mass is 435 g/mol. The van der Waals surface area contributed by atoms with Crippen molar-refractivity contribution < 1.29 is 16.8 Å². The molecule has 3 rings (SSSR count). The van der Waals surface area contributed by atoms with Crippen LogP contribution >= 0.6 is 22.6 Å². The maximum Gasteiger partial charge on any atom is 0.197 e. The molecular formula is C13H10INO4S2. The molecule has 21 heavy (non-hydrogen) atoms.